The Balaban J connectivity index is 1.92. The first-order valence-corrected chi connectivity index (χ1v) is 12.8. The zero-order chi connectivity index (χ0) is 24.9. The van der Waals surface area contributed by atoms with Gasteiger partial charge in [-0.15, -0.1) is 0 Å². The fourth-order valence-corrected chi connectivity index (χ4v) is 5.31. The molecule has 6 nitrogen and oxygen atoms in total. The first kappa shape index (κ1) is 25.9. The highest BCUT2D eigenvalue weighted by Crippen LogP contribution is 2.31. The van der Waals surface area contributed by atoms with E-state index in [1.807, 2.05) is 32.0 Å². The molecule has 0 bridgehead atoms. The number of methoxy groups -OCH3 is 1. The van der Waals surface area contributed by atoms with Crippen LogP contribution in [0.25, 0.3) is 0 Å². The molecule has 0 saturated carbocycles. The van der Waals surface area contributed by atoms with Crippen molar-refractivity contribution in [2.45, 2.75) is 31.2 Å². The second kappa shape index (κ2) is 11.1. The number of anilines is 1. The summed E-state index contributed by atoms with van der Waals surface area (Å²) in [5.74, 6) is 0.301. The molecule has 1 N–H and O–H groups in total. The molecule has 180 valence electrons. The highest BCUT2D eigenvalue weighted by atomic mass is 35.5. The zero-order valence-corrected chi connectivity index (χ0v) is 21.4. The largest absolute Gasteiger partial charge is 0.496 e. The number of rotatable bonds is 9. The molecule has 0 spiro atoms. The Morgan fingerprint density at radius 3 is 2.32 bits per heavy atom. The van der Waals surface area contributed by atoms with Gasteiger partial charge >= 0.3 is 0 Å². The molecule has 34 heavy (non-hydrogen) atoms. The van der Waals surface area contributed by atoms with E-state index in [9.17, 15) is 13.2 Å². The number of benzene rings is 3. The van der Waals surface area contributed by atoms with Gasteiger partial charge in [-0.25, -0.2) is 8.42 Å². The van der Waals surface area contributed by atoms with E-state index in [1.165, 1.54) is 30.3 Å². The van der Waals surface area contributed by atoms with Gasteiger partial charge in [0.2, 0.25) is 5.91 Å². The van der Waals surface area contributed by atoms with Crippen LogP contribution in [0.1, 0.15) is 30.5 Å². The van der Waals surface area contributed by atoms with Crippen molar-refractivity contribution in [3.63, 3.8) is 0 Å². The standard InChI is InChI=1S/C25H26Cl2N2O4S/c1-4-23(18-10-13-24(33-3)17(2)14-18)28-25(30)16-29(19-11-12-21(26)22(27)15-19)34(31,32)20-8-6-5-7-9-20/h5-15,23H,4,16H2,1-3H3,(H,28,30). The van der Waals surface area contributed by atoms with Crippen molar-refractivity contribution in [2.24, 2.45) is 0 Å². The first-order valence-electron chi connectivity index (χ1n) is 10.6. The summed E-state index contributed by atoms with van der Waals surface area (Å²) in [6.45, 7) is 3.44. The fraction of sp³-hybridized carbons (Fsp3) is 0.240. The van der Waals surface area contributed by atoms with Crippen molar-refractivity contribution in [1.82, 2.24) is 5.32 Å². The molecule has 1 amide bonds. The topological polar surface area (TPSA) is 75.7 Å². The van der Waals surface area contributed by atoms with Gasteiger partial charge in [-0.1, -0.05) is 60.5 Å². The van der Waals surface area contributed by atoms with Crippen LogP contribution in [0.5, 0.6) is 5.75 Å². The number of nitrogens with one attached hydrogen (secondary N) is 1. The normalized spacial score (nSPS) is 12.1. The summed E-state index contributed by atoms with van der Waals surface area (Å²) in [6.07, 6.45) is 0.621. The lowest BCUT2D eigenvalue weighted by Gasteiger charge is -2.26. The Hall–Kier alpha value is -2.74. The molecule has 1 unspecified atom stereocenters. The Morgan fingerprint density at radius 1 is 1.03 bits per heavy atom. The van der Waals surface area contributed by atoms with E-state index in [4.69, 9.17) is 27.9 Å². The molecule has 3 aromatic carbocycles. The molecule has 3 aromatic rings. The van der Waals surface area contributed by atoms with Crippen molar-refractivity contribution < 1.29 is 17.9 Å². The predicted molar refractivity (Wildman–Crippen MR) is 136 cm³/mol. The van der Waals surface area contributed by atoms with Crippen LogP contribution >= 0.6 is 23.2 Å². The summed E-state index contributed by atoms with van der Waals surface area (Å²) in [4.78, 5) is 13.2. The van der Waals surface area contributed by atoms with Gasteiger partial charge in [-0.2, -0.15) is 0 Å². The minimum atomic E-state index is -4.05. The number of hydrogen-bond donors (Lipinski definition) is 1. The van der Waals surface area contributed by atoms with Gasteiger partial charge < -0.3 is 10.1 Å². The predicted octanol–water partition coefficient (Wildman–Crippen LogP) is 5.77. The average Bonchev–Trinajstić information content (AvgIpc) is 2.83. The summed E-state index contributed by atoms with van der Waals surface area (Å²) in [7, 11) is -2.44. The lowest BCUT2D eigenvalue weighted by molar-refractivity contribution is -0.120. The van der Waals surface area contributed by atoms with E-state index in [0.29, 0.717) is 6.42 Å². The van der Waals surface area contributed by atoms with E-state index in [-0.39, 0.29) is 26.7 Å². The molecule has 3 rings (SSSR count). The number of ether oxygens (including phenoxy) is 1. The highest BCUT2D eigenvalue weighted by molar-refractivity contribution is 7.92. The Kier molecular flexibility index (Phi) is 8.47. The first-order chi connectivity index (χ1) is 16.2. The van der Waals surface area contributed by atoms with Crippen LogP contribution in [0, 0.1) is 6.92 Å². The summed E-state index contributed by atoms with van der Waals surface area (Å²) < 4.78 is 33.3. The second-order valence-corrected chi connectivity index (χ2v) is 10.4. The number of carbonyl (C=O) groups is 1. The molecule has 0 radical (unpaired) electrons. The Labute approximate surface area is 210 Å². The van der Waals surface area contributed by atoms with E-state index >= 15 is 0 Å². The second-order valence-electron chi connectivity index (χ2n) is 7.68. The molecule has 0 saturated heterocycles. The third kappa shape index (κ3) is 5.84. The maximum Gasteiger partial charge on any atom is 0.264 e. The van der Waals surface area contributed by atoms with Gasteiger partial charge in [-0.05, 0) is 60.9 Å². The van der Waals surface area contributed by atoms with Crippen LogP contribution in [0.15, 0.2) is 71.6 Å². The van der Waals surface area contributed by atoms with Crippen LogP contribution in [0.4, 0.5) is 5.69 Å². The highest BCUT2D eigenvalue weighted by Gasteiger charge is 2.28. The molecular weight excluding hydrogens is 495 g/mol. The van der Waals surface area contributed by atoms with E-state index in [0.717, 1.165) is 21.2 Å². The number of amides is 1. The number of sulfonamides is 1. The Bertz CT molecular complexity index is 1270. The van der Waals surface area contributed by atoms with Gasteiger partial charge in [0.1, 0.15) is 12.3 Å². The maximum absolute atomic E-state index is 13.5. The molecule has 1 atom stereocenters. The molecule has 0 fully saturated rings. The Morgan fingerprint density at radius 2 is 1.74 bits per heavy atom. The average molecular weight is 521 g/mol. The summed E-state index contributed by atoms with van der Waals surface area (Å²) in [5, 5.41) is 3.43. The number of nitrogens with zero attached hydrogens (tertiary/aromatic N) is 1. The lowest BCUT2D eigenvalue weighted by atomic mass is 10.0. The van der Waals surface area contributed by atoms with E-state index < -0.39 is 22.5 Å². The number of aryl methyl sites for hydroxylation is 1. The van der Waals surface area contributed by atoms with Gasteiger partial charge in [-0.3, -0.25) is 9.10 Å². The monoisotopic (exact) mass is 520 g/mol. The SMILES string of the molecule is CCC(NC(=O)CN(c1ccc(Cl)c(Cl)c1)S(=O)(=O)c1ccccc1)c1ccc(OC)c(C)c1. The molecule has 0 aliphatic heterocycles. The number of halogens is 2. The van der Waals surface area contributed by atoms with Crippen LogP contribution in [-0.2, 0) is 14.8 Å². The molecule has 9 heteroatoms. The lowest BCUT2D eigenvalue weighted by Crippen LogP contribution is -2.42. The van der Waals surface area contributed by atoms with E-state index in [2.05, 4.69) is 5.32 Å². The van der Waals surface area contributed by atoms with Gasteiger partial charge in [0, 0.05) is 0 Å². The zero-order valence-electron chi connectivity index (χ0n) is 19.1. The molecule has 0 heterocycles. The van der Waals surface area contributed by atoms with Crippen LogP contribution in [-0.4, -0.2) is 28.0 Å². The quantitative estimate of drug-likeness (QED) is 0.388. The molecule has 0 aliphatic rings. The van der Waals surface area contributed by atoms with Crippen LogP contribution < -0.4 is 14.4 Å². The summed E-state index contributed by atoms with van der Waals surface area (Å²) in [6, 6.07) is 17.8. The molecular formula is C25H26Cl2N2O4S. The van der Waals surface area contributed by atoms with Crippen molar-refractivity contribution in [2.75, 3.05) is 18.0 Å². The molecule has 0 aromatic heterocycles. The van der Waals surface area contributed by atoms with Gasteiger partial charge in [0.05, 0.1) is 33.8 Å². The molecule has 0 aliphatic carbocycles. The van der Waals surface area contributed by atoms with Crippen LogP contribution in [0.3, 0.4) is 0 Å². The smallest absolute Gasteiger partial charge is 0.264 e. The minimum Gasteiger partial charge on any atom is -0.496 e. The third-order valence-corrected chi connectivity index (χ3v) is 7.90. The van der Waals surface area contributed by atoms with Crippen molar-refractivity contribution in [3.8, 4) is 5.75 Å². The van der Waals surface area contributed by atoms with Crippen molar-refractivity contribution >= 4 is 44.8 Å². The number of carbonyl (C=O) groups excluding carboxylic acids is 1. The van der Waals surface area contributed by atoms with Gasteiger partial charge in [0.15, 0.2) is 0 Å². The van der Waals surface area contributed by atoms with Gasteiger partial charge in [0.25, 0.3) is 10.0 Å². The summed E-state index contributed by atoms with van der Waals surface area (Å²) >= 11 is 12.2. The fourth-order valence-electron chi connectivity index (χ4n) is 3.58. The minimum absolute atomic E-state index is 0.0618. The van der Waals surface area contributed by atoms with Crippen molar-refractivity contribution in [1.29, 1.82) is 0 Å². The van der Waals surface area contributed by atoms with Crippen LogP contribution in [0.2, 0.25) is 10.0 Å². The number of hydrogen-bond acceptors (Lipinski definition) is 4. The summed E-state index contributed by atoms with van der Waals surface area (Å²) in [5.41, 5.74) is 2.08. The maximum atomic E-state index is 13.5. The van der Waals surface area contributed by atoms with E-state index in [1.54, 1.807) is 25.3 Å². The van der Waals surface area contributed by atoms with Crippen molar-refractivity contribution in [3.05, 3.63) is 87.9 Å². The third-order valence-electron chi connectivity index (χ3n) is 5.37.